The minimum atomic E-state index is -4.20. The smallest absolute Gasteiger partial charge is 0.326 e. The Bertz CT molecular complexity index is 1440. The molecule has 0 spiro atoms. The summed E-state index contributed by atoms with van der Waals surface area (Å²) in [7, 11) is -4.20. The Balaban J connectivity index is 1.76. The monoisotopic (exact) mass is 532 g/mol. The predicted octanol–water partition coefficient (Wildman–Crippen LogP) is 5.27. The van der Waals surface area contributed by atoms with Crippen molar-refractivity contribution in [1.29, 1.82) is 0 Å². The Morgan fingerprint density at radius 3 is 2.54 bits per heavy atom. The van der Waals surface area contributed by atoms with E-state index in [9.17, 15) is 13.2 Å². The van der Waals surface area contributed by atoms with E-state index in [4.69, 9.17) is 27.9 Å². The number of esters is 1. The maximum atomic E-state index is 13.6. The zero-order valence-electron chi connectivity index (χ0n) is 18.8. The lowest BCUT2D eigenvalue weighted by Gasteiger charge is -2.24. The second-order valence-electron chi connectivity index (χ2n) is 7.68. The number of aromatic nitrogens is 3. The van der Waals surface area contributed by atoms with Crippen molar-refractivity contribution >= 4 is 55.8 Å². The van der Waals surface area contributed by atoms with E-state index in [-0.39, 0.29) is 27.2 Å². The lowest BCUT2D eigenvalue weighted by atomic mass is 10.2. The van der Waals surface area contributed by atoms with E-state index in [0.717, 1.165) is 21.6 Å². The van der Waals surface area contributed by atoms with Crippen LogP contribution in [0.4, 0.5) is 5.69 Å². The van der Waals surface area contributed by atoms with Crippen LogP contribution in [0.1, 0.15) is 19.8 Å². The number of carbonyl (C=O) groups excluding carboxylic acids is 1. The van der Waals surface area contributed by atoms with Gasteiger partial charge in [0, 0.05) is 34.0 Å². The van der Waals surface area contributed by atoms with Crippen LogP contribution >= 0.6 is 23.2 Å². The maximum absolute atomic E-state index is 13.6. The number of rotatable bonds is 9. The first-order valence-electron chi connectivity index (χ1n) is 10.8. The van der Waals surface area contributed by atoms with Gasteiger partial charge < -0.3 is 4.74 Å². The third-order valence-electron chi connectivity index (χ3n) is 5.22. The molecule has 0 saturated carbocycles. The van der Waals surface area contributed by atoms with E-state index >= 15 is 0 Å². The van der Waals surface area contributed by atoms with Crippen molar-refractivity contribution < 1.29 is 17.9 Å². The molecule has 8 nitrogen and oxygen atoms in total. The van der Waals surface area contributed by atoms with Crippen molar-refractivity contribution in [3.8, 4) is 5.82 Å². The molecule has 0 fully saturated rings. The van der Waals surface area contributed by atoms with Gasteiger partial charge in [0.25, 0.3) is 10.0 Å². The van der Waals surface area contributed by atoms with Crippen LogP contribution < -0.4 is 4.31 Å². The molecule has 0 saturated heterocycles. The lowest BCUT2D eigenvalue weighted by molar-refractivity contribution is -0.141. The van der Waals surface area contributed by atoms with Crippen LogP contribution in [0, 0.1) is 0 Å². The number of unbranched alkanes of at least 4 members (excludes halogenated alkanes) is 1. The minimum absolute atomic E-state index is 0.131. The fourth-order valence-corrected chi connectivity index (χ4v) is 5.64. The fourth-order valence-electron chi connectivity index (χ4n) is 3.51. The second kappa shape index (κ2) is 10.6. The minimum Gasteiger partial charge on any atom is -0.464 e. The third kappa shape index (κ3) is 5.58. The molecule has 0 aliphatic heterocycles. The van der Waals surface area contributed by atoms with Crippen molar-refractivity contribution in [1.82, 2.24) is 14.5 Å². The average molecular weight is 533 g/mol. The van der Waals surface area contributed by atoms with Crippen LogP contribution in [0.5, 0.6) is 0 Å². The van der Waals surface area contributed by atoms with E-state index < -0.39 is 22.5 Å². The second-order valence-corrected chi connectivity index (χ2v) is 10.4. The number of nitrogens with zero attached hydrogens (tertiary/aromatic N) is 4. The number of halogens is 2. The molecule has 0 radical (unpaired) electrons. The highest BCUT2D eigenvalue weighted by Gasteiger charge is 2.29. The summed E-state index contributed by atoms with van der Waals surface area (Å²) in [6, 6.07) is 10.9. The topological polar surface area (TPSA) is 94.4 Å². The number of carbonyl (C=O) groups is 1. The molecule has 0 aliphatic carbocycles. The van der Waals surface area contributed by atoms with Crippen molar-refractivity contribution in [2.45, 2.75) is 24.7 Å². The largest absolute Gasteiger partial charge is 0.464 e. The number of anilines is 1. The molecule has 0 bridgehead atoms. The molecule has 0 N–H and O–H groups in total. The predicted molar refractivity (Wildman–Crippen MR) is 136 cm³/mol. The van der Waals surface area contributed by atoms with Crippen molar-refractivity contribution in [2.24, 2.45) is 0 Å². The summed E-state index contributed by atoms with van der Waals surface area (Å²) in [6.45, 7) is 1.68. The highest BCUT2D eigenvalue weighted by atomic mass is 35.5. The summed E-state index contributed by atoms with van der Waals surface area (Å²) in [5, 5.41) is 1.08. The quantitative estimate of drug-likeness (QED) is 0.215. The number of ether oxygens (including phenoxy) is 1. The molecule has 2 heterocycles. The summed E-state index contributed by atoms with van der Waals surface area (Å²) in [6.07, 6.45) is 8.13. The Labute approximate surface area is 213 Å². The van der Waals surface area contributed by atoms with Crippen LogP contribution in [0.2, 0.25) is 10.0 Å². The van der Waals surface area contributed by atoms with Gasteiger partial charge in [0.05, 0.1) is 28.9 Å². The Hall–Kier alpha value is -3.14. The molecule has 2 aromatic carbocycles. The molecule has 182 valence electrons. The standard InChI is InChI=1S/C24H22Cl2N4O4S/c1-2-3-10-34-24(31)16-30(35(32,33)21-13-18(25)12-19(26)14-21)20-4-5-22-17(11-20)6-9-29(22)23-15-27-7-8-28-23/h4-9,11-15H,2-3,10,16H2,1H3. The summed E-state index contributed by atoms with van der Waals surface area (Å²) >= 11 is 12.1. The van der Waals surface area contributed by atoms with Crippen LogP contribution in [-0.4, -0.2) is 42.1 Å². The zero-order valence-corrected chi connectivity index (χ0v) is 21.1. The molecule has 4 aromatic rings. The number of fused-ring (bicyclic) bond motifs is 1. The number of benzene rings is 2. The first-order valence-corrected chi connectivity index (χ1v) is 13.0. The van der Waals surface area contributed by atoms with Gasteiger partial charge in [-0.25, -0.2) is 13.4 Å². The van der Waals surface area contributed by atoms with Gasteiger partial charge in [-0.3, -0.25) is 18.7 Å². The van der Waals surface area contributed by atoms with Gasteiger partial charge in [-0.05, 0) is 48.9 Å². The molecule has 0 amide bonds. The van der Waals surface area contributed by atoms with E-state index in [2.05, 4.69) is 9.97 Å². The molecule has 4 rings (SSSR count). The van der Waals surface area contributed by atoms with Gasteiger partial charge in [-0.15, -0.1) is 0 Å². The van der Waals surface area contributed by atoms with Gasteiger partial charge in [0.2, 0.25) is 0 Å². The van der Waals surface area contributed by atoms with Gasteiger partial charge in [-0.1, -0.05) is 36.5 Å². The highest BCUT2D eigenvalue weighted by molar-refractivity contribution is 7.92. The first-order chi connectivity index (χ1) is 16.8. The van der Waals surface area contributed by atoms with Crippen LogP contribution in [0.25, 0.3) is 16.7 Å². The Morgan fingerprint density at radius 2 is 1.86 bits per heavy atom. The van der Waals surface area contributed by atoms with Gasteiger partial charge >= 0.3 is 5.97 Å². The van der Waals surface area contributed by atoms with Gasteiger partial charge in [0.15, 0.2) is 5.82 Å². The summed E-state index contributed by atoms with van der Waals surface area (Å²) < 4.78 is 35.4. The summed E-state index contributed by atoms with van der Waals surface area (Å²) in [5.41, 5.74) is 1.08. The van der Waals surface area contributed by atoms with Crippen molar-refractivity contribution in [3.63, 3.8) is 0 Å². The number of sulfonamides is 1. The van der Waals surface area contributed by atoms with Gasteiger partial charge in [0.1, 0.15) is 6.54 Å². The molecule has 35 heavy (non-hydrogen) atoms. The molecule has 0 atom stereocenters. The van der Waals surface area contributed by atoms with E-state index in [0.29, 0.717) is 12.2 Å². The third-order valence-corrected chi connectivity index (χ3v) is 7.40. The molecule has 0 unspecified atom stereocenters. The maximum Gasteiger partial charge on any atom is 0.326 e. The Morgan fingerprint density at radius 1 is 1.09 bits per heavy atom. The normalized spacial score (nSPS) is 11.5. The van der Waals surface area contributed by atoms with Crippen LogP contribution in [0.15, 0.2) is 72.1 Å². The molecule has 0 aliphatic rings. The highest BCUT2D eigenvalue weighted by Crippen LogP contribution is 2.31. The Kier molecular flexibility index (Phi) is 7.59. The van der Waals surface area contributed by atoms with Crippen LogP contribution in [-0.2, 0) is 19.6 Å². The average Bonchev–Trinajstić information content (AvgIpc) is 3.26. The van der Waals surface area contributed by atoms with E-state index in [1.165, 1.54) is 18.2 Å². The molecule has 11 heteroatoms. The van der Waals surface area contributed by atoms with Crippen LogP contribution in [0.3, 0.4) is 0 Å². The molecular formula is C24H22Cl2N4O4S. The fraction of sp³-hybridized carbons (Fsp3) is 0.208. The molecular weight excluding hydrogens is 511 g/mol. The lowest BCUT2D eigenvalue weighted by Crippen LogP contribution is -2.36. The van der Waals surface area contributed by atoms with E-state index in [1.807, 2.05) is 23.8 Å². The van der Waals surface area contributed by atoms with Crippen molar-refractivity contribution in [3.05, 3.63) is 77.3 Å². The van der Waals surface area contributed by atoms with Crippen molar-refractivity contribution in [2.75, 3.05) is 17.5 Å². The first kappa shape index (κ1) is 25.0. The summed E-state index contributed by atoms with van der Waals surface area (Å²) in [4.78, 5) is 20.8. The summed E-state index contributed by atoms with van der Waals surface area (Å²) in [5.74, 6) is -0.0415. The molecule has 2 aromatic heterocycles. The number of hydrogen-bond donors (Lipinski definition) is 0. The number of hydrogen-bond acceptors (Lipinski definition) is 6. The van der Waals surface area contributed by atoms with Gasteiger partial charge in [-0.2, -0.15) is 0 Å². The zero-order chi connectivity index (χ0) is 25.0. The van der Waals surface area contributed by atoms with E-state index in [1.54, 1.807) is 36.8 Å². The SMILES string of the molecule is CCCCOC(=O)CN(c1ccc2c(ccn2-c2cnccn2)c1)S(=O)(=O)c1cc(Cl)cc(Cl)c1.